The first-order chi connectivity index (χ1) is 23.0. The van der Waals surface area contributed by atoms with E-state index < -0.39 is 83.7 Å². The maximum atomic E-state index is 13.7. The topological polar surface area (TPSA) is 333 Å². The number of nitrogens with two attached hydrogens (primary N) is 4. The first-order valence-corrected chi connectivity index (χ1v) is 16.2. The number of imidazole rings is 1. The van der Waals surface area contributed by atoms with E-state index in [0.29, 0.717) is 25.1 Å². The number of aliphatic hydroxyl groups is 1. The number of primary amides is 2. The molecule has 7 amide bonds. The van der Waals surface area contributed by atoms with Crippen LogP contribution < -0.4 is 49.5 Å². The van der Waals surface area contributed by atoms with Gasteiger partial charge in [-0.15, -0.1) is 0 Å². The number of aromatic nitrogens is 2. The number of hydrogen-bond donors (Lipinski definition) is 11. The Morgan fingerprint density at radius 1 is 0.776 bits per heavy atom. The zero-order chi connectivity index (χ0) is 37.3. The fourth-order valence-electron chi connectivity index (χ4n) is 4.65. The van der Waals surface area contributed by atoms with Gasteiger partial charge in [0, 0.05) is 24.7 Å². The Balaban J connectivity index is 3.28. The molecular weight excluding hydrogens is 642 g/mol. The lowest BCUT2D eigenvalue weighted by Gasteiger charge is -2.28. The number of carbonyl (C=O) groups is 7. The number of hydrogen-bond acceptors (Lipinski definition) is 11. The van der Waals surface area contributed by atoms with E-state index in [1.807, 2.05) is 0 Å². The third kappa shape index (κ3) is 15.9. The van der Waals surface area contributed by atoms with Gasteiger partial charge in [-0.1, -0.05) is 13.8 Å². The molecule has 15 N–H and O–H groups in total. The number of nitrogens with zero attached hydrogens (tertiary/aromatic N) is 1. The molecule has 0 spiro atoms. The van der Waals surface area contributed by atoms with Crippen LogP contribution in [0.2, 0.25) is 0 Å². The summed E-state index contributed by atoms with van der Waals surface area (Å²) in [6, 6.07) is -7.31. The number of amides is 7. The van der Waals surface area contributed by atoms with Crippen LogP contribution in [0.1, 0.15) is 71.9 Å². The molecule has 1 aromatic heterocycles. The number of aliphatic hydroxyl groups excluding tert-OH is 1. The van der Waals surface area contributed by atoms with Crippen molar-refractivity contribution in [1.82, 2.24) is 36.6 Å². The van der Waals surface area contributed by atoms with Crippen LogP contribution >= 0.6 is 0 Å². The van der Waals surface area contributed by atoms with E-state index in [1.54, 1.807) is 13.8 Å². The minimum atomic E-state index is -1.49. The Morgan fingerprint density at radius 2 is 1.31 bits per heavy atom. The van der Waals surface area contributed by atoms with Gasteiger partial charge in [0.2, 0.25) is 41.4 Å². The smallest absolute Gasteiger partial charge is 0.243 e. The van der Waals surface area contributed by atoms with E-state index >= 15 is 0 Å². The molecule has 0 unspecified atom stereocenters. The van der Waals surface area contributed by atoms with Gasteiger partial charge >= 0.3 is 0 Å². The molecular formula is C30H53N11O8. The highest BCUT2D eigenvalue weighted by Crippen LogP contribution is 2.10. The van der Waals surface area contributed by atoms with E-state index in [2.05, 4.69) is 36.6 Å². The number of aromatic amines is 1. The average Bonchev–Trinajstić information content (AvgIpc) is 3.52. The molecule has 0 fully saturated rings. The molecule has 0 radical (unpaired) electrons. The maximum Gasteiger partial charge on any atom is 0.243 e. The Labute approximate surface area is 285 Å². The summed E-state index contributed by atoms with van der Waals surface area (Å²) < 4.78 is 0. The van der Waals surface area contributed by atoms with Gasteiger partial charge in [0.05, 0.1) is 18.5 Å². The summed E-state index contributed by atoms with van der Waals surface area (Å²) in [7, 11) is 0. The van der Waals surface area contributed by atoms with Gasteiger partial charge in [-0.05, 0) is 58.4 Å². The van der Waals surface area contributed by atoms with Gasteiger partial charge in [-0.2, -0.15) is 0 Å². The van der Waals surface area contributed by atoms with Crippen LogP contribution in [0.5, 0.6) is 0 Å². The molecule has 0 aliphatic rings. The van der Waals surface area contributed by atoms with Crippen LogP contribution in [0, 0.1) is 5.92 Å². The molecule has 1 aromatic rings. The van der Waals surface area contributed by atoms with Crippen molar-refractivity contribution in [2.75, 3.05) is 6.54 Å². The minimum absolute atomic E-state index is 0.0141. The van der Waals surface area contributed by atoms with Crippen LogP contribution in [-0.2, 0) is 40.0 Å². The zero-order valence-corrected chi connectivity index (χ0v) is 28.5. The molecule has 0 bridgehead atoms. The van der Waals surface area contributed by atoms with Gasteiger partial charge in [0.15, 0.2) is 0 Å². The average molecular weight is 696 g/mol. The summed E-state index contributed by atoms with van der Waals surface area (Å²) in [5.41, 5.74) is 22.4. The molecule has 1 rings (SSSR count). The van der Waals surface area contributed by atoms with Gasteiger partial charge < -0.3 is 59.6 Å². The lowest BCUT2D eigenvalue weighted by atomic mass is 10.0. The fraction of sp³-hybridized carbons (Fsp3) is 0.667. The molecule has 19 nitrogen and oxygen atoms in total. The first kappa shape index (κ1) is 42.4. The maximum absolute atomic E-state index is 13.7. The summed E-state index contributed by atoms with van der Waals surface area (Å²) in [6.45, 7) is 6.61. The Hall–Kier alpha value is -4.62. The molecule has 1 heterocycles. The monoisotopic (exact) mass is 695 g/mol. The normalized spacial score (nSPS) is 15.4. The highest BCUT2D eigenvalue weighted by Gasteiger charge is 2.33. The SMILES string of the molecule is CC(C)C[C@H](NC(=O)[C@H](CCCCN)NC(=O)[C@H](Cc1cnc[nH]1)NC(=O)[C@@H](C)N)C(=O)N[C@@H](CCC(N)=O)C(=O)N[C@H](C(N)=O)[C@@H](C)O. The lowest BCUT2D eigenvalue weighted by molar-refractivity contribution is -0.136. The summed E-state index contributed by atoms with van der Waals surface area (Å²) in [5.74, 6) is -5.65. The minimum Gasteiger partial charge on any atom is -0.391 e. The number of rotatable bonds is 23. The molecule has 0 aliphatic carbocycles. The zero-order valence-electron chi connectivity index (χ0n) is 28.5. The second-order valence-electron chi connectivity index (χ2n) is 12.4. The quantitative estimate of drug-likeness (QED) is 0.0490. The molecule has 19 heteroatoms. The third-order valence-electron chi connectivity index (χ3n) is 7.34. The van der Waals surface area contributed by atoms with Gasteiger partial charge in [0.25, 0.3) is 0 Å². The Morgan fingerprint density at radius 3 is 1.80 bits per heavy atom. The first-order valence-electron chi connectivity index (χ1n) is 16.2. The van der Waals surface area contributed by atoms with E-state index in [-0.39, 0.29) is 38.0 Å². The fourth-order valence-corrected chi connectivity index (χ4v) is 4.65. The lowest BCUT2D eigenvalue weighted by Crippen LogP contribution is -2.60. The largest absolute Gasteiger partial charge is 0.391 e. The molecule has 0 saturated heterocycles. The van der Waals surface area contributed by atoms with Gasteiger partial charge in [-0.25, -0.2) is 4.98 Å². The van der Waals surface area contributed by atoms with Crippen LogP contribution in [0.25, 0.3) is 0 Å². The van der Waals surface area contributed by atoms with Crippen molar-refractivity contribution < 1.29 is 38.7 Å². The number of carbonyl (C=O) groups excluding carboxylic acids is 7. The molecule has 276 valence electrons. The highest BCUT2D eigenvalue weighted by molar-refractivity contribution is 5.96. The van der Waals surface area contributed by atoms with Gasteiger partial charge in [0.1, 0.15) is 30.2 Å². The van der Waals surface area contributed by atoms with Crippen LogP contribution in [0.15, 0.2) is 12.5 Å². The van der Waals surface area contributed by atoms with E-state index in [9.17, 15) is 38.7 Å². The van der Waals surface area contributed by atoms with Crippen LogP contribution in [0.3, 0.4) is 0 Å². The van der Waals surface area contributed by atoms with E-state index in [1.165, 1.54) is 26.4 Å². The Kier molecular flexibility index (Phi) is 18.5. The summed E-state index contributed by atoms with van der Waals surface area (Å²) in [5, 5.41) is 22.5. The second kappa shape index (κ2) is 21.4. The van der Waals surface area contributed by atoms with Crippen molar-refractivity contribution in [3.63, 3.8) is 0 Å². The van der Waals surface area contributed by atoms with Crippen molar-refractivity contribution in [2.24, 2.45) is 28.9 Å². The predicted octanol–water partition coefficient (Wildman–Crippen LogP) is -3.97. The van der Waals surface area contributed by atoms with Crippen LogP contribution in [0.4, 0.5) is 0 Å². The standard InChI is InChI=1S/C30H53N11O8/c1-15(2)11-21(29(48)38-20(8-9-23(33)43)28(47)41-24(17(4)42)25(34)44)40-27(46)19(7-5-6-10-31)37-30(49)22(39-26(45)16(3)32)12-18-13-35-14-36-18/h13-17,19-22,24,42H,5-12,31-32H2,1-4H3,(H2,33,43)(H2,34,44)(H,35,36)(H,37,49)(H,38,48)(H,39,45)(H,40,46)(H,41,47)/t16-,17-,19+,20+,21+,22+,24+/m1/s1. The number of nitrogens with one attached hydrogen (secondary N) is 6. The molecule has 7 atom stereocenters. The molecule has 0 aromatic carbocycles. The summed E-state index contributed by atoms with van der Waals surface area (Å²) >= 11 is 0. The van der Waals surface area contributed by atoms with E-state index in [0.717, 1.165) is 0 Å². The van der Waals surface area contributed by atoms with Crippen molar-refractivity contribution in [3.05, 3.63) is 18.2 Å². The van der Waals surface area contributed by atoms with Crippen LogP contribution in [-0.4, -0.2) is 105 Å². The van der Waals surface area contributed by atoms with Crippen molar-refractivity contribution in [2.45, 2.75) is 115 Å². The summed E-state index contributed by atoms with van der Waals surface area (Å²) in [4.78, 5) is 96.3. The highest BCUT2D eigenvalue weighted by atomic mass is 16.3. The molecule has 0 saturated carbocycles. The van der Waals surface area contributed by atoms with Crippen molar-refractivity contribution in [1.29, 1.82) is 0 Å². The van der Waals surface area contributed by atoms with Gasteiger partial charge in [-0.3, -0.25) is 33.6 Å². The third-order valence-corrected chi connectivity index (χ3v) is 7.34. The molecule has 0 aliphatic heterocycles. The Bertz CT molecular complexity index is 1260. The number of H-pyrrole nitrogens is 1. The number of unbranched alkanes of at least 4 members (excludes halogenated alkanes) is 1. The summed E-state index contributed by atoms with van der Waals surface area (Å²) in [6.07, 6.45) is 2.18. The predicted molar refractivity (Wildman–Crippen MR) is 177 cm³/mol. The molecule has 49 heavy (non-hydrogen) atoms. The van der Waals surface area contributed by atoms with E-state index in [4.69, 9.17) is 22.9 Å². The van der Waals surface area contributed by atoms with Crippen molar-refractivity contribution >= 4 is 41.4 Å². The van der Waals surface area contributed by atoms with Crippen molar-refractivity contribution in [3.8, 4) is 0 Å². The second-order valence-corrected chi connectivity index (χ2v) is 12.4.